The van der Waals surface area contributed by atoms with Gasteiger partial charge in [-0.15, -0.1) is 0 Å². The summed E-state index contributed by atoms with van der Waals surface area (Å²) in [5.41, 5.74) is 0. The Morgan fingerprint density at radius 1 is 0.905 bits per heavy atom. The van der Waals surface area contributed by atoms with Gasteiger partial charge in [-0.1, -0.05) is 0 Å². The van der Waals surface area contributed by atoms with Gasteiger partial charge in [0.2, 0.25) is 11.8 Å². The number of carbonyl (C=O) groups excluding carboxylic acids is 2. The quantitative estimate of drug-likeness (QED) is 0.598. The molecule has 7 heteroatoms. The van der Waals surface area contributed by atoms with E-state index in [1.807, 2.05) is 0 Å². The third kappa shape index (κ3) is 4.94. The van der Waals surface area contributed by atoms with Gasteiger partial charge in [-0.25, -0.2) is 0 Å². The van der Waals surface area contributed by atoms with Crippen molar-refractivity contribution in [1.82, 2.24) is 9.80 Å². The predicted octanol–water partition coefficient (Wildman–Crippen LogP) is -1.03. The van der Waals surface area contributed by atoms with Crippen LogP contribution in [-0.2, 0) is 14.3 Å². The van der Waals surface area contributed by atoms with Crippen molar-refractivity contribution in [3.05, 3.63) is 0 Å². The van der Waals surface area contributed by atoms with Crippen LogP contribution in [0.25, 0.3) is 0 Å². The Morgan fingerprint density at radius 3 is 1.67 bits per heavy atom. The summed E-state index contributed by atoms with van der Waals surface area (Å²) in [4.78, 5) is 26.1. The van der Waals surface area contributed by atoms with E-state index in [0.29, 0.717) is 25.9 Å². The minimum atomic E-state index is -0.743. The molecular weight excluding hydrogens is 276 g/mol. The number of carbonyl (C=O) groups is 2. The van der Waals surface area contributed by atoms with Crippen LogP contribution in [0.2, 0.25) is 0 Å². The van der Waals surface area contributed by atoms with Crippen molar-refractivity contribution >= 4 is 11.8 Å². The number of hydrogen-bond acceptors (Lipinski definition) is 5. The number of nitrogens with zero attached hydrogens (tertiary/aromatic N) is 2. The van der Waals surface area contributed by atoms with Gasteiger partial charge in [-0.2, -0.15) is 0 Å². The molecule has 2 N–H and O–H groups in total. The number of aliphatic hydroxyl groups excluding tert-OH is 2. The van der Waals surface area contributed by atoms with Crippen molar-refractivity contribution in [1.29, 1.82) is 0 Å². The Labute approximate surface area is 124 Å². The van der Waals surface area contributed by atoms with Gasteiger partial charge in [0.05, 0.1) is 25.4 Å². The summed E-state index contributed by atoms with van der Waals surface area (Å²) in [7, 11) is 0. The van der Waals surface area contributed by atoms with E-state index in [9.17, 15) is 19.8 Å². The summed E-state index contributed by atoms with van der Waals surface area (Å²) in [5.74, 6) is 0.142. The predicted molar refractivity (Wildman–Crippen MR) is 74.5 cm³/mol. The summed E-state index contributed by atoms with van der Waals surface area (Å²) >= 11 is 0. The highest BCUT2D eigenvalue weighted by Gasteiger charge is 2.24. The van der Waals surface area contributed by atoms with Crippen LogP contribution >= 0.6 is 0 Å². The fourth-order valence-electron chi connectivity index (χ4n) is 2.75. The Balaban J connectivity index is 1.57. The maximum Gasteiger partial charge on any atom is 0.222 e. The maximum absolute atomic E-state index is 11.4. The van der Waals surface area contributed by atoms with Gasteiger partial charge < -0.3 is 24.7 Å². The van der Waals surface area contributed by atoms with Gasteiger partial charge in [0.15, 0.2) is 0 Å². The molecule has 2 fully saturated rings. The Hall–Kier alpha value is -1.18. The molecular formula is C14H24N2O5. The lowest BCUT2D eigenvalue weighted by molar-refractivity contribution is -0.129. The molecule has 7 nitrogen and oxygen atoms in total. The van der Waals surface area contributed by atoms with E-state index >= 15 is 0 Å². The second kappa shape index (κ2) is 7.72. The number of rotatable bonds is 8. The number of hydrogen-bond donors (Lipinski definition) is 2. The number of aliphatic hydroxyl groups is 2. The van der Waals surface area contributed by atoms with E-state index < -0.39 is 12.2 Å². The van der Waals surface area contributed by atoms with Gasteiger partial charge in [0.25, 0.3) is 0 Å². The normalized spacial score (nSPS) is 22.2. The van der Waals surface area contributed by atoms with Crippen molar-refractivity contribution < 1.29 is 24.5 Å². The van der Waals surface area contributed by atoms with E-state index in [-0.39, 0.29) is 38.1 Å². The van der Waals surface area contributed by atoms with Crippen LogP contribution < -0.4 is 0 Å². The summed E-state index contributed by atoms with van der Waals surface area (Å²) < 4.78 is 5.27. The second-order valence-corrected chi connectivity index (χ2v) is 5.73. The highest BCUT2D eigenvalue weighted by Crippen LogP contribution is 2.11. The molecule has 120 valence electrons. The first-order valence-corrected chi connectivity index (χ1v) is 7.55. The Bertz CT molecular complexity index is 342. The van der Waals surface area contributed by atoms with Gasteiger partial charge in [-0.3, -0.25) is 9.59 Å². The third-order valence-electron chi connectivity index (χ3n) is 3.83. The number of likely N-dealkylation sites (tertiary alicyclic amines) is 2. The van der Waals surface area contributed by atoms with Crippen LogP contribution in [0, 0.1) is 0 Å². The molecule has 2 saturated heterocycles. The Kier molecular flexibility index (Phi) is 5.96. The average Bonchev–Trinajstić information content (AvgIpc) is 3.00. The largest absolute Gasteiger partial charge is 0.389 e. The minimum absolute atomic E-state index is 0.0710. The van der Waals surface area contributed by atoms with Crippen molar-refractivity contribution in [3.63, 3.8) is 0 Å². The molecule has 2 aliphatic rings. The molecule has 2 atom stereocenters. The molecule has 0 spiro atoms. The molecule has 0 aromatic carbocycles. The average molecular weight is 300 g/mol. The topological polar surface area (TPSA) is 90.3 Å². The highest BCUT2D eigenvalue weighted by atomic mass is 16.5. The van der Waals surface area contributed by atoms with Gasteiger partial charge >= 0.3 is 0 Å². The smallest absolute Gasteiger partial charge is 0.222 e. The van der Waals surface area contributed by atoms with Crippen LogP contribution in [0.5, 0.6) is 0 Å². The fraction of sp³-hybridized carbons (Fsp3) is 0.857. The van der Waals surface area contributed by atoms with Crippen molar-refractivity contribution in [2.24, 2.45) is 0 Å². The van der Waals surface area contributed by atoms with E-state index in [0.717, 1.165) is 12.8 Å². The molecule has 21 heavy (non-hydrogen) atoms. The lowest BCUT2D eigenvalue weighted by Crippen LogP contribution is -2.38. The molecule has 2 amide bonds. The summed E-state index contributed by atoms with van der Waals surface area (Å²) in [6.07, 6.45) is 1.30. The molecule has 2 heterocycles. The fourth-order valence-corrected chi connectivity index (χ4v) is 2.75. The first kappa shape index (κ1) is 16.2. The van der Waals surface area contributed by atoms with Crippen LogP contribution in [-0.4, -0.2) is 83.4 Å². The lowest BCUT2D eigenvalue weighted by atomic mass is 10.3. The first-order chi connectivity index (χ1) is 10.1. The first-order valence-electron chi connectivity index (χ1n) is 7.55. The molecule has 0 aromatic heterocycles. The molecule has 0 radical (unpaired) electrons. The van der Waals surface area contributed by atoms with Crippen LogP contribution in [0.15, 0.2) is 0 Å². The molecule has 0 bridgehead atoms. The molecule has 2 unspecified atom stereocenters. The number of ether oxygens (including phenoxy) is 1. The van der Waals surface area contributed by atoms with Crippen LogP contribution in [0.4, 0.5) is 0 Å². The monoisotopic (exact) mass is 300 g/mol. The zero-order chi connectivity index (χ0) is 15.2. The van der Waals surface area contributed by atoms with Crippen molar-refractivity contribution in [2.75, 3.05) is 39.4 Å². The molecule has 0 aromatic rings. The number of β-amino-alcohol motifs (C(OH)–C–C–N with tert-alkyl or cyclic N) is 2. The number of amides is 2. The second-order valence-electron chi connectivity index (χ2n) is 5.73. The van der Waals surface area contributed by atoms with Crippen LogP contribution in [0.1, 0.15) is 25.7 Å². The van der Waals surface area contributed by atoms with E-state index in [2.05, 4.69) is 0 Å². The van der Waals surface area contributed by atoms with Crippen molar-refractivity contribution in [2.45, 2.75) is 37.9 Å². The minimum Gasteiger partial charge on any atom is -0.389 e. The van der Waals surface area contributed by atoms with Crippen LogP contribution in [0.3, 0.4) is 0 Å². The summed E-state index contributed by atoms with van der Waals surface area (Å²) in [6, 6.07) is 0. The zero-order valence-electron chi connectivity index (χ0n) is 12.2. The van der Waals surface area contributed by atoms with Gasteiger partial charge in [0, 0.05) is 39.0 Å². The highest BCUT2D eigenvalue weighted by molar-refractivity contribution is 5.78. The lowest BCUT2D eigenvalue weighted by Gasteiger charge is -2.22. The van der Waals surface area contributed by atoms with E-state index in [1.165, 1.54) is 0 Å². The summed E-state index contributed by atoms with van der Waals surface area (Å²) in [5, 5.41) is 19.6. The standard InChI is InChI=1S/C14H24N2O5/c17-11(7-15-5-1-3-13(15)19)9-21-10-12(18)8-16-6-2-4-14(16)20/h11-12,17-18H,1-10H2. The molecule has 2 rings (SSSR count). The maximum atomic E-state index is 11.4. The van der Waals surface area contributed by atoms with E-state index in [1.54, 1.807) is 9.80 Å². The van der Waals surface area contributed by atoms with Gasteiger partial charge in [0.1, 0.15) is 0 Å². The molecule has 0 aliphatic carbocycles. The van der Waals surface area contributed by atoms with Gasteiger partial charge in [-0.05, 0) is 12.8 Å². The molecule has 2 aliphatic heterocycles. The third-order valence-corrected chi connectivity index (χ3v) is 3.83. The summed E-state index contributed by atoms with van der Waals surface area (Å²) in [6.45, 7) is 2.09. The zero-order valence-corrected chi connectivity index (χ0v) is 12.2. The molecule has 0 saturated carbocycles. The SMILES string of the molecule is O=C1CCCN1CC(O)COCC(O)CN1CCCC1=O. The van der Waals surface area contributed by atoms with E-state index in [4.69, 9.17) is 4.74 Å². The Morgan fingerprint density at radius 2 is 1.33 bits per heavy atom. The van der Waals surface area contributed by atoms with Crippen molar-refractivity contribution in [3.8, 4) is 0 Å².